The zero-order valence-electron chi connectivity index (χ0n) is 82.0. The number of ether oxygens (including phenoxy) is 19. The number of carbonyl (C=O) groups excluding carboxylic acids is 4. The van der Waals surface area contributed by atoms with Crippen molar-refractivity contribution in [2.24, 2.45) is 0 Å². The number of benzene rings is 12. The lowest BCUT2D eigenvalue weighted by Gasteiger charge is -2.13. The Bertz CT molecular complexity index is 6500. The number of carbonyl (C=O) groups is 4. The lowest BCUT2D eigenvalue weighted by Crippen LogP contribution is -2.00. The molecule has 31 nitrogen and oxygen atoms in total. The van der Waals surface area contributed by atoms with Crippen LogP contribution in [0.15, 0.2) is 249 Å². The molecule has 142 heavy (non-hydrogen) atoms. The van der Waals surface area contributed by atoms with E-state index in [0.29, 0.717) is 153 Å². The summed E-state index contributed by atoms with van der Waals surface area (Å²) in [6.45, 7) is 0. The summed E-state index contributed by atoms with van der Waals surface area (Å²) in [7, 11) is 29.1. The first-order valence-electron chi connectivity index (χ1n) is 43.2. The monoisotopic (exact) mass is 1930 g/mol. The molecule has 0 fully saturated rings. The summed E-state index contributed by atoms with van der Waals surface area (Å²) >= 11 is 0. The van der Waals surface area contributed by atoms with Crippen LogP contribution in [0, 0.1) is 0 Å². The molecule has 0 spiro atoms. The number of aromatic hydroxyl groups is 4. The van der Waals surface area contributed by atoms with Crippen molar-refractivity contribution in [1.82, 2.24) is 0 Å². The predicted octanol–water partition coefficient (Wildman–Crippen LogP) is 21.6. The lowest BCUT2D eigenvalue weighted by atomic mass is 10.1. The Labute approximate surface area is 824 Å². The van der Waals surface area contributed by atoms with Crippen LogP contribution in [0.1, 0.15) is 85.9 Å². The van der Waals surface area contributed by atoms with Gasteiger partial charge in [0, 0.05) is 65.8 Å². The Kier molecular flexibility index (Phi) is 41.3. The highest BCUT2D eigenvalue weighted by Crippen LogP contribution is 2.46. The maximum Gasteiger partial charge on any atom is 0.203 e. The van der Waals surface area contributed by atoms with Crippen molar-refractivity contribution >= 4 is 94.5 Å². The quantitative estimate of drug-likeness (QED) is 0.00999. The number of phenolic OH excluding ortho intramolecular Hbond substituents is 4. The summed E-state index contributed by atoms with van der Waals surface area (Å²) in [5, 5.41) is 54.0. The second kappa shape index (κ2) is 54.5. The lowest BCUT2D eigenvalue weighted by molar-refractivity contribution is 0.103. The van der Waals surface area contributed by atoms with Gasteiger partial charge >= 0.3 is 0 Å². The van der Waals surface area contributed by atoms with Crippen molar-refractivity contribution in [2.45, 2.75) is 0 Å². The average molecular weight is 1940 g/mol. The van der Waals surface area contributed by atoms with Gasteiger partial charge in [0.15, 0.2) is 115 Å². The fourth-order valence-corrected chi connectivity index (χ4v) is 14.0. The minimum Gasteiger partial charge on any atom is -0.504 e. The van der Waals surface area contributed by atoms with Crippen LogP contribution < -0.4 is 111 Å². The van der Waals surface area contributed by atoms with E-state index in [0.717, 1.165) is 22.3 Å². The molecule has 0 aliphatic carbocycles. The SMILES string of the molecule is COc1cc(/C=C\c2cc(O)c(OC)c(N/C=C\C(=O)c3ccccc3)c2)cc(OC)c1OC.COc1ccc(C(=O)/C=C\Nc2cc(/C=C\c3cc(OC)c(OC)c(OC)c3)cc(O)c2OC)cc1.COc1cccc(C(=O)/C=C\Nc2cc(/C=C\c3cc(OC)c(OC)c(OC)c3)cc(O)c2OC)c1.COc1ccccc1C(=O)/C=C\Nc1cc(/C=C\c2cc(OC)c(OC)c(OC)c2)cc(O)c1OC. The molecular weight excluding hydrogens is 1820 g/mol. The second-order valence-corrected chi connectivity index (χ2v) is 29.5. The number of phenols is 4. The fourth-order valence-electron chi connectivity index (χ4n) is 14.0. The van der Waals surface area contributed by atoms with Gasteiger partial charge in [-0.2, -0.15) is 0 Å². The Hall–Kier alpha value is -18.2. The van der Waals surface area contributed by atoms with Crippen molar-refractivity contribution in [3.63, 3.8) is 0 Å². The molecule has 0 aliphatic rings. The van der Waals surface area contributed by atoms with Crippen LogP contribution in [0.5, 0.6) is 132 Å². The topological polar surface area (TPSA) is 373 Å². The highest BCUT2D eigenvalue weighted by Gasteiger charge is 2.21. The van der Waals surface area contributed by atoms with E-state index in [1.807, 2.05) is 103 Å². The van der Waals surface area contributed by atoms with Gasteiger partial charge in [0.05, 0.1) is 163 Å². The molecule has 0 atom stereocenters. The van der Waals surface area contributed by atoms with Crippen LogP contribution in [-0.2, 0) is 0 Å². The minimum absolute atomic E-state index is 0.0418. The average Bonchev–Trinajstić information content (AvgIpc) is 0.826. The van der Waals surface area contributed by atoms with Gasteiger partial charge in [-0.15, -0.1) is 0 Å². The standard InChI is InChI=1S/3C28H29NO7.C27H27NO6/c1-32-21-10-8-20(9-11-21)23(30)12-13-29-22-14-18(15-24(31)27(22)35-4)6-7-19-16-25(33-2)28(36-5)26(17-19)34-3;1-32-21-8-6-7-20(17-21)23(30)11-12-29-22-13-18(14-24(31)27(22)35-4)9-10-19-15-25(33-2)28(36-5)26(16-19)34-3;1-32-24-9-7-6-8-20(24)22(30)12-13-29-21-14-18(15-23(31)27(21)35-4)10-11-19-16-25(33-2)28(36-5)26(17-19)34-3;1-31-24-16-19(17-25(32-2)27(24)34-4)11-10-18-14-21(26(33-3)23(30)15-18)28-13-12-22(29)20-8-6-5-7-9-20/h3*6-17,29,31H,1-5H3;5-17,28,30H,1-4H3/b7-6-,13-12-;10-9-,12-11-;2*11-10-,13-12-. The molecule has 0 heterocycles. The maximum absolute atomic E-state index is 12.6. The van der Waals surface area contributed by atoms with Crippen molar-refractivity contribution in [3.8, 4) is 132 Å². The van der Waals surface area contributed by atoms with Crippen LogP contribution in [0.25, 0.3) is 48.6 Å². The van der Waals surface area contributed by atoms with Crippen molar-refractivity contribution in [2.75, 3.05) is 156 Å². The van der Waals surface area contributed by atoms with E-state index in [1.165, 1.54) is 84.7 Å². The third-order valence-electron chi connectivity index (χ3n) is 20.9. The van der Waals surface area contributed by atoms with E-state index in [4.69, 9.17) is 90.0 Å². The van der Waals surface area contributed by atoms with Gasteiger partial charge in [-0.1, -0.05) is 103 Å². The number of hydrogen-bond acceptors (Lipinski definition) is 31. The number of allylic oxidation sites excluding steroid dienone is 4. The molecule has 0 aromatic heterocycles. The number of anilines is 4. The third-order valence-corrected chi connectivity index (χ3v) is 20.9. The third kappa shape index (κ3) is 29.2. The smallest absolute Gasteiger partial charge is 0.203 e. The first-order valence-corrected chi connectivity index (χ1v) is 43.2. The van der Waals surface area contributed by atoms with E-state index in [9.17, 15) is 39.6 Å². The molecule has 0 saturated carbocycles. The van der Waals surface area contributed by atoms with Gasteiger partial charge in [0.25, 0.3) is 0 Å². The van der Waals surface area contributed by atoms with E-state index in [2.05, 4.69) is 21.3 Å². The zero-order valence-corrected chi connectivity index (χ0v) is 82.0. The van der Waals surface area contributed by atoms with E-state index >= 15 is 0 Å². The van der Waals surface area contributed by atoms with Gasteiger partial charge < -0.3 is 132 Å². The molecule has 0 amide bonds. The molecule has 0 saturated heterocycles. The van der Waals surface area contributed by atoms with Crippen LogP contribution in [0.4, 0.5) is 22.7 Å². The van der Waals surface area contributed by atoms with Crippen molar-refractivity contribution in [1.29, 1.82) is 0 Å². The van der Waals surface area contributed by atoms with E-state index < -0.39 is 0 Å². The normalized spacial score (nSPS) is 10.9. The summed E-state index contributed by atoms with van der Waals surface area (Å²) in [5.41, 5.74) is 9.99. The fraction of sp³-hybridized carbons (Fsp3) is 0.171. The molecular formula is C111H114N4O27. The van der Waals surface area contributed by atoms with Crippen molar-refractivity contribution < 1.29 is 130 Å². The molecule has 0 unspecified atom stereocenters. The molecule has 0 radical (unpaired) electrons. The van der Waals surface area contributed by atoms with Gasteiger partial charge in [0.2, 0.25) is 23.0 Å². The molecule has 8 N–H and O–H groups in total. The van der Waals surface area contributed by atoms with E-state index in [-0.39, 0.29) is 69.1 Å². The maximum atomic E-state index is 12.6. The first kappa shape index (κ1) is 108. The number of hydrogen-bond donors (Lipinski definition) is 8. The number of rotatable bonds is 43. The largest absolute Gasteiger partial charge is 0.504 e. The van der Waals surface area contributed by atoms with Gasteiger partial charge in [0.1, 0.15) is 17.2 Å². The number of methoxy groups -OCH3 is 19. The predicted molar refractivity (Wildman–Crippen MR) is 553 cm³/mol. The highest BCUT2D eigenvalue weighted by atomic mass is 16.6. The Morgan fingerprint density at radius 1 is 0.204 bits per heavy atom. The summed E-state index contributed by atoms with van der Waals surface area (Å²) in [6, 6.07) is 57.6. The second-order valence-electron chi connectivity index (χ2n) is 29.5. The summed E-state index contributed by atoms with van der Waals surface area (Å²) in [4.78, 5) is 49.8. The summed E-state index contributed by atoms with van der Waals surface area (Å²) in [5.74, 6) is 8.05. The Morgan fingerprint density at radius 3 is 0.711 bits per heavy atom. The number of ketones is 4. The minimum atomic E-state index is -0.235. The van der Waals surface area contributed by atoms with E-state index in [1.54, 1.807) is 245 Å². The molecule has 740 valence electrons. The summed E-state index contributed by atoms with van der Waals surface area (Å²) < 4.78 is 101. The van der Waals surface area contributed by atoms with Crippen LogP contribution in [0.2, 0.25) is 0 Å². The van der Waals surface area contributed by atoms with Crippen LogP contribution >= 0.6 is 0 Å². The van der Waals surface area contributed by atoms with Gasteiger partial charge in [-0.05, 0) is 190 Å². The molecule has 31 heteroatoms. The molecule has 0 aliphatic heterocycles. The number of para-hydroxylation sites is 1. The number of nitrogens with one attached hydrogen (secondary N) is 4. The molecule has 12 aromatic rings. The first-order chi connectivity index (χ1) is 68.8. The van der Waals surface area contributed by atoms with Crippen molar-refractivity contribution in [3.05, 3.63) is 316 Å². The molecule has 12 rings (SSSR count). The van der Waals surface area contributed by atoms with Crippen LogP contribution in [-0.4, -0.2) is 179 Å². The molecule has 12 aromatic carbocycles. The Balaban J connectivity index is 0.000000211. The zero-order chi connectivity index (χ0) is 103. The van der Waals surface area contributed by atoms with Gasteiger partial charge in [-0.25, -0.2) is 0 Å². The highest BCUT2D eigenvalue weighted by molar-refractivity contribution is 6.07. The summed E-state index contributed by atoms with van der Waals surface area (Å²) in [6.07, 6.45) is 26.2. The van der Waals surface area contributed by atoms with Gasteiger partial charge in [-0.3, -0.25) is 19.2 Å². The molecule has 0 bridgehead atoms. The Morgan fingerprint density at radius 2 is 0.444 bits per heavy atom. The van der Waals surface area contributed by atoms with Crippen LogP contribution in [0.3, 0.4) is 0 Å².